The summed E-state index contributed by atoms with van der Waals surface area (Å²) in [5.74, 6) is 0.357. The summed E-state index contributed by atoms with van der Waals surface area (Å²) in [6, 6.07) is 2.70. The van der Waals surface area contributed by atoms with Crippen LogP contribution in [0.25, 0.3) is 5.82 Å². The van der Waals surface area contributed by atoms with Gasteiger partial charge in [-0.1, -0.05) is 0 Å². The number of nitro groups is 1. The van der Waals surface area contributed by atoms with Crippen molar-refractivity contribution in [2.45, 2.75) is 0 Å². The van der Waals surface area contributed by atoms with Crippen molar-refractivity contribution < 1.29 is 4.92 Å². The molecular weight excluding hydrogens is 202 g/mol. The summed E-state index contributed by atoms with van der Waals surface area (Å²) in [5.41, 5.74) is -0.614. The van der Waals surface area contributed by atoms with E-state index in [1.54, 1.807) is 0 Å². The lowest BCUT2D eigenvalue weighted by Gasteiger charge is -1.98. The molecule has 2 aromatic rings. The fourth-order valence-corrected chi connectivity index (χ4v) is 1.02. The highest BCUT2D eigenvalue weighted by Crippen LogP contribution is 2.09. The number of aromatic amines is 1. The fourth-order valence-electron chi connectivity index (χ4n) is 1.02. The van der Waals surface area contributed by atoms with Gasteiger partial charge in [-0.2, -0.15) is 4.98 Å². The first-order valence-electron chi connectivity index (χ1n) is 3.91. The Balaban J connectivity index is 2.39. The minimum atomic E-state index is -0.548. The van der Waals surface area contributed by atoms with Crippen molar-refractivity contribution in [1.29, 1.82) is 0 Å². The molecule has 8 heteroatoms. The van der Waals surface area contributed by atoms with E-state index in [2.05, 4.69) is 15.1 Å². The van der Waals surface area contributed by atoms with Crippen molar-refractivity contribution in [3.8, 4) is 5.82 Å². The molecule has 76 valence electrons. The minimum Gasteiger partial charge on any atom is -0.258 e. The van der Waals surface area contributed by atoms with Crippen LogP contribution in [0.1, 0.15) is 0 Å². The van der Waals surface area contributed by atoms with Gasteiger partial charge in [-0.25, -0.2) is 19.6 Å². The van der Waals surface area contributed by atoms with Crippen LogP contribution in [0.4, 0.5) is 5.69 Å². The van der Waals surface area contributed by atoms with Gasteiger partial charge in [-0.15, -0.1) is 0 Å². The number of pyridine rings is 1. The van der Waals surface area contributed by atoms with Crippen LogP contribution in [0.5, 0.6) is 0 Å². The number of hydrogen-bond acceptors (Lipinski definition) is 5. The Morgan fingerprint density at radius 3 is 2.67 bits per heavy atom. The Morgan fingerprint density at radius 1 is 1.40 bits per heavy atom. The smallest absolute Gasteiger partial charge is 0.258 e. The number of H-pyrrole nitrogens is 1. The third-order valence-corrected chi connectivity index (χ3v) is 1.70. The Bertz CT molecular complexity index is 540. The Morgan fingerprint density at radius 2 is 2.20 bits per heavy atom. The van der Waals surface area contributed by atoms with Crippen molar-refractivity contribution >= 4 is 5.69 Å². The molecule has 0 aliphatic heterocycles. The normalized spacial score (nSPS) is 10.1. The lowest BCUT2D eigenvalue weighted by molar-refractivity contribution is -0.385. The molecule has 0 aliphatic rings. The zero-order chi connectivity index (χ0) is 10.8. The summed E-state index contributed by atoms with van der Waals surface area (Å²) in [5, 5.41) is 12.7. The van der Waals surface area contributed by atoms with Crippen LogP contribution in [0.2, 0.25) is 0 Å². The predicted molar refractivity (Wildman–Crippen MR) is 48.6 cm³/mol. The van der Waals surface area contributed by atoms with Crippen molar-refractivity contribution in [1.82, 2.24) is 19.7 Å². The predicted octanol–water partition coefficient (Wildman–Crippen LogP) is -0.136. The summed E-state index contributed by atoms with van der Waals surface area (Å²) < 4.78 is 1.27. The SMILES string of the molecule is O=c1ncn(-c2ccc([N+](=O)[O-])cn2)[nH]1. The van der Waals surface area contributed by atoms with Gasteiger partial charge in [0.1, 0.15) is 12.5 Å². The van der Waals surface area contributed by atoms with Gasteiger partial charge in [-0.3, -0.25) is 10.1 Å². The third-order valence-electron chi connectivity index (χ3n) is 1.70. The first-order valence-corrected chi connectivity index (χ1v) is 3.91. The average Bonchev–Trinajstić information content (AvgIpc) is 2.65. The average molecular weight is 207 g/mol. The van der Waals surface area contributed by atoms with Crippen LogP contribution >= 0.6 is 0 Å². The molecule has 0 saturated carbocycles. The number of nitrogens with one attached hydrogen (secondary N) is 1. The molecule has 0 spiro atoms. The highest BCUT2D eigenvalue weighted by molar-refractivity contribution is 5.32. The van der Waals surface area contributed by atoms with E-state index < -0.39 is 10.6 Å². The molecule has 2 rings (SSSR count). The first kappa shape index (κ1) is 9.06. The van der Waals surface area contributed by atoms with Crippen LogP contribution in [-0.4, -0.2) is 24.7 Å². The van der Waals surface area contributed by atoms with Gasteiger partial charge in [0.05, 0.1) is 4.92 Å². The van der Waals surface area contributed by atoms with Gasteiger partial charge in [-0.05, 0) is 6.07 Å². The van der Waals surface area contributed by atoms with E-state index in [4.69, 9.17) is 0 Å². The lowest BCUT2D eigenvalue weighted by Crippen LogP contribution is -2.06. The molecule has 0 unspecified atom stereocenters. The van der Waals surface area contributed by atoms with Crippen LogP contribution in [-0.2, 0) is 0 Å². The van der Waals surface area contributed by atoms with Crippen LogP contribution in [0.3, 0.4) is 0 Å². The van der Waals surface area contributed by atoms with E-state index in [9.17, 15) is 14.9 Å². The second kappa shape index (κ2) is 3.33. The number of hydrogen-bond donors (Lipinski definition) is 1. The van der Waals surface area contributed by atoms with E-state index in [-0.39, 0.29) is 5.69 Å². The van der Waals surface area contributed by atoms with Crippen LogP contribution < -0.4 is 5.69 Å². The van der Waals surface area contributed by atoms with Crippen molar-refractivity contribution in [2.24, 2.45) is 0 Å². The number of rotatable bonds is 2. The topological polar surface area (TPSA) is 107 Å². The lowest BCUT2D eigenvalue weighted by atomic mass is 10.4. The maximum Gasteiger partial charge on any atom is 0.361 e. The highest BCUT2D eigenvalue weighted by Gasteiger charge is 2.06. The fraction of sp³-hybridized carbons (Fsp3) is 0. The van der Waals surface area contributed by atoms with E-state index in [0.717, 1.165) is 6.20 Å². The molecule has 0 fully saturated rings. The number of nitrogens with zero attached hydrogens (tertiary/aromatic N) is 4. The molecular formula is C7H5N5O3. The van der Waals surface area contributed by atoms with Crippen molar-refractivity contribution in [3.63, 3.8) is 0 Å². The Labute approximate surface area is 82.3 Å². The van der Waals surface area contributed by atoms with E-state index in [0.29, 0.717) is 5.82 Å². The van der Waals surface area contributed by atoms with Gasteiger partial charge in [0, 0.05) is 6.07 Å². The van der Waals surface area contributed by atoms with E-state index in [1.807, 2.05) is 0 Å². The third kappa shape index (κ3) is 1.73. The molecule has 2 aromatic heterocycles. The zero-order valence-electron chi connectivity index (χ0n) is 7.32. The summed E-state index contributed by atoms with van der Waals surface area (Å²) in [4.78, 5) is 27.7. The van der Waals surface area contributed by atoms with Gasteiger partial charge >= 0.3 is 5.69 Å². The van der Waals surface area contributed by atoms with Crippen LogP contribution in [0.15, 0.2) is 29.5 Å². The quantitative estimate of drug-likeness (QED) is 0.544. The Hall–Kier alpha value is -2.51. The van der Waals surface area contributed by atoms with Crippen molar-refractivity contribution in [3.05, 3.63) is 45.3 Å². The molecule has 0 aliphatic carbocycles. The summed E-state index contributed by atoms with van der Waals surface area (Å²) >= 11 is 0. The molecule has 2 heterocycles. The minimum absolute atomic E-state index is 0.110. The molecule has 0 saturated heterocycles. The molecule has 0 radical (unpaired) electrons. The molecule has 8 nitrogen and oxygen atoms in total. The van der Waals surface area contributed by atoms with Gasteiger partial charge in [0.15, 0.2) is 5.82 Å². The molecule has 15 heavy (non-hydrogen) atoms. The standard InChI is InChI=1S/C7H5N5O3/c13-7-9-4-11(10-7)6-2-1-5(3-8-6)12(14)15/h1-4H,(H,10,13). The maximum atomic E-state index is 10.7. The molecule has 1 N–H and O–H groups in total. The van der Waals surface area contributed by atoms with Gasteiger partial charge in [0.2, 0.25) is 0 Å². The largest absolute Gasteiger partial charge is 0.361 e. The highest BCUT2D eigenvalue weighted by atomic mass is 16.6. The summed E-state index contributed by atoms with van der Waals surface area (Å²) in [7, 11) is 0. The van der Waals surface area contributed by atoms with E-state index >= 15 is 0 Å². The maximum absolute atomic E-state index is 10.7. The van der Waals surface area contributed by atoms with Crippen molar-refractivity contribution in [2.75, 3.05) is 0 Å². The first-order chi connectivity index (χ1) is 7.16. The summed E-state index contributed by atoms with van der Waals surface area (Å²) in [6.45, 7) is 0. The number of aromatic nitrogens is 4. The van der Waals surface area contributed by atoms with Gasteiger partial charge in [0.25, 0.3) is 5.69 Å². The second-order valence-electron chi connectivity index (χ2n) is 2.66. The second-order valence-corrected chi connectivity index (χ2v) is 2.66. The molecule has 0 bridgehead atoms. The van der Waals surface area contributed by atoms with Gasteiger partial charge < -0.3 is 0 Å². The monoisotopic (exact) mass is 207 g/mol. The molecule has 0 amide bonds. The zero-order valence-corrected chi connectivity index (χ0v) is 7.32. The molecule has 0 atom stereocenters. The van der Waals surface area contributed by atoms with E-state index in [1.165, 1.54) is 23.1 Å². The molecule has 0 aromatic carbocycles. The Kier molecular flexibility index (Phi) is 2.01. The summed E-state index contributed by atoms with van der Waals surface area (Å²) in [6.07, 6.45) is 2.35. The van der Waals surface area contributed by atoms with Crippen LogP contribution in [0, 0.1) is 10.1 Å².